The van der Waals surface area contributed by atoms with E-state index in [1.165, 1.54) is 5.56 Å². The van der Waals surface area contributed by atoms with Crippen LogP contribution in [0.4, 0.5) is 4.39 Å². The van der Waals surface area contributed by atoms with Gasteiger partial charge in [-0.15, -0.1) is 0 Å². The van der Waals surface area contributed by atoms with Crippen molar-refractivity contribution in [2.75, 3.05) is 13.1 Å². The molecule has 0 aliphatic carbocycles. The first-order chi connectivity index (χ1) is 7.18. The lowest BCUT2D eigenvalue weighted by Gasteiger charge is -2.26. The number of nitrogens with zero attached hydrogens (tertiary/aromatic N) is 2. The van der Waals surface area contributed by atoms with Gasteiger partial charge in [-0.2, -0.15) is 5.10 Å². The molecule has 0 radical (unpaired) electrons. The fourth-order valence-electron chi connectivity index (χ4n) is 1.94. The molecule has 2 rings (SSSR count). The van der Waals surface area contributed by atoms with Gasteiger partial charge in [0.2, 0.25) is 0 Å². The van der Waals surface area contributed by atoms with E-state index in [1.54, 1.807) is 4.68 Å². The van der Waals surface area contributed by atoms with Crippen LogP contribution in [0, 0.1) is 0 Å². The molecular formula is C11H18FN3. The largest absolute Gasteiger partial charge is 0.314 e. The second-order valence-electron chi connectivity index (χ2n) is 4.48. The van der Waals surface area contributed by atoms with Gasteiger partial charge in [-0.05, 0) is 24.4 Å². The molecule has 1 fully saturated rings. The third-order valence-electron chi connectivity index (χ3n) is 3.00. The van der Waals surface area contributed by atoms with E-state index in [4.69, 9.17) is 0 Å². The highest BCUT2D eigenvalue weighted by Gasteiger charge is 2.26. The lowest BCUT2D eigenvalue weighted by Crippen LogP contribution is -2.39. The summed E-state index contributed by atoms with van der Waals surface area (Å²) in [6.45, 7) is 5.57. The number of piperidine rings is 1. The summed E-state index contributed by atoms with van der Waals surface area (Å²) in [6, 6.07) is -0.0845. The van der Waals surface area contributed by atoms with E-state index >= 15 is 0 Å². The first-order valence-electron chi connectivity index (χ1n) is 5.57. The van der Waals surface area contributed by atoms with E-state index in [0.717, 1.165) is 13.0 Å². The summed E-state index contributed by atoms with van der Waals surface area (Å²) in [5.74, 6) is 0.457. The first-order valence-corrected chi connectivity index (χ1v) is 5.57. The number of nitrogens with one attached hydrogen (secondary N) is 1. The van der Waals surface area contributed by atoms with Crippen molar-refractivity contribution in [3.05, 3.63) is 18.0 Å². The molecule has 1 aromatic heterocycles. The van der Waals surface area contributed by atoms with E-state index < -0.39 is 6.17 Å². The molecule has 15 heavy (non-hydrogen) atoms. The normalized spacial score (nSPS) is 27.2. The summed E-state index contributed by atoms with van der Waals surface area (Å²) in [4.78, 5) is 0. The second kappa shape index (κ2) is 4.31. The summed E-state index contributed by atoms with van der Waals surface area (Å²) in [5.41, 5.74) is 1.18. The zero-order valence-electron chi connectivity index (χ0n) is 9.28. The van der Waals surface area contributed by atoms with Gasteiger partial charge in [0, 0.05) is 12.7 Å². The van der Waals surface area contributed by atoms with E-state index in [-0.39, 0.29) is 6.04 Å². The van der Waals surface area contributed by atoms with Crippen molar-refractivity contribution in [2.24, 2.45) is 0 Å². The van der Waals surface area contributed by atoms with Crippen molar-refractivity contribution in [1.82, 2.24) is 15.1 Å². The average Bonchev–Trinajstić information content (AvgIpc) is 2.67. The topological polar surface area (TPSA) is 29.9 Å². The number of alkyl halides is 1. The number of hydrogen-bond acceptors (Lipinski definition) is 2. The van der Waals surface area contributed by atoms with E-state index in [9.17, 15) is 4.39 Å². The van der Waals surface area contributed by atoms with Crippen LogP contribution < -0.4 is 5.32 Å². The lowest BCUT2D eigenvalue weighted by atomic mass is 10.0. The third kappa shape index (κ3) is 2.20. The highest BCUT2D eigenvalue weighted by atomic mass is 19.1. The van der Waals surface area contributed by atoms with Crippen LogP contribution in [-0.2, 0) is 0 Å². The van der Waals surface area contributed by atoms with Crippen LogP contribution in [0.5, 0.6) is 0 Å². The Morgan fingerprint density at radius 1 is 1.60 bits per heavy atom. The smallest absolute Gasteiger partial charge is 0.135 e. The van der Waals surface area contributed by atoms with Gasteiger partial charge >= 0.3 is 0 Å². The number of aromatic nitrogens is 2. The Labute approximate surface area is 89.7 Å². The maximum absolute atomic E-state index is 13.6. The van der Waals surface area contributed by atoms with Crippen LogP contribution >= 0.6 is 0 Å². The number of rotatable bonds is 2. The fourth-order valence-corrected chi connectivity index (χ4v) is 1.94. The fraction of sp³-hybridized carbons (Fsp3) is 0.727. The van der Waals surface area contributed by atoms with Crippen LogP contribution in [0.2, 0.25) is 0 Å². The van der Waals surface area contributed by atoms with Crippen molar-refractivity contribution in [2.45, 2.75) is 38.4 Å². The molecule has 0 saturated carbocycles. The van der Waals surface area contributed by atoms with Crippen molar-refractivity contribution in [3.8, 4) is 0 Å². The highest BCUT2D eigenvalue weighted by molar-refractivity contribution is 5.09. The third-order valence-corrected chi connectivity index (χ3v) is 3.00. The molecule has 1 N–H and O–H groups in total. The van der Waals surface area contributed by atoms with Crippen molar-refractivity contribution in [1.29, 1.82) is 0 Å². The summed E-state index contributed by atoms with van der Waals surface area (Å²) >= 11 is 0. The van der Waals surface area contributed by atoms with Crippen LogP contribution in [0.3, 0.4) is 0 Å². The molecular weight excluding hydrogens is 193 g/mol. The zero-order chi connectivity index (χ0) is 10.8. The van der Waals surface area contributed by atoms with Crippen molar-refractivity contribution in [3.63, 3.8) is 0 Å². The van der Waals surface area contributed by atoms with Crippen molar-refractivity contribution < 1.29 is 4.39 Å². The number of hydrogen-bond donors (Lipinski definition) is 1. The second-order valence-corrected chi connectivity index (χ2v) is 4.48. The van der Waals surface area contributed by atoms with E-state index in [2.05, 4.69) is 24.3 Å². The number of halogens is 1. The molecule has 4 heteroatoms. The molecule has 2 unspecified atom stereocenters. The first kappa shape index (κ1) is 10.6. The Morgan fingerprint density at radius 3 is 3.00 bits per heavy atom. The monoisotopic (exact) mass is 211 g/mol. The minimum absolute atomic E-state index is 0.0845. The van der Waals surface area contributed by atoms with Gasteiger partial charge in [-0.3, -0.25) is 4.68 Å². The van der Waals surface area contributed by atoms with Crippen LogP contribution in [-0.4, -0.2) is 29.0 Å². The summed E-state index contributed by atoms with van der Waals surface area (Å²) in [7, 11) is 0. The van der Waals surface area contributed by atoms with Gasteiger partial charge in [0.15, 0.2) is 0 Å². The highest BCUT2D eigenvalue weighted by Crippen LogP contribution is 2.23. The van der Waals surface area contributed by atoms with Gasteiger partial charge in [0.05, 0.1) is 12.2 Å². The SMILES string of the molecule is CC(C)c1cnn(C2CCNCC2F)c1. The predicted molar refractivity (Wildman–Crippen MR) is 57.7 cm³/mol. The van der Waals surface area contributed by atoms with Gasteiger partial charge in [0.1, 0.15) is 6.17 Å². The maximum Gasteiger partial charge on any atom is 0.135 e. The molecule has 84 valence electrons. The van der Waals surface area contributed by atoms with Gasteiger partial charge < -0.3 is 5.32 Å². The summed E-state index contributed by atoms with van der Waals surface area (Å²) in [5, 5.41) is 7.31. The Bertz CT molecular complexity index is 321. The molecule has 3 nitrogen and oxygen atoms in total. The standard InChI is InChI=1S/C11H18FN3/c1-8(2)9-5-14-15(7-9)11-3-4-13-6-10(11)12/h5,7-8,10-11,13H,3-4,6H2,1-2H3. The minimum Gasteiger partial charge on any atom is -0.314 e. The average molecular weight is 211 g/mol. The van der Waals surface area contributed by atoms with Crippen LogP contribution in [0.15, 0.2) is 12.4 Å². The van der Waals surface area contributed by atoms with Crippen LogP contribution in [0.1, 0.15) is 37.8 Å². The molecule has 0 bridgehead atoms. The Hall–Kier alpha value is -0.900. The Kier molecular flexibility index (Phi) is 3.05. The summed E-state index contributed by atoms with van der Waals surface area (Å²) in [6.07, 6.45) is 3.83. The molecule has 1 aliphatic heterocycles. The summed E-state index contributed by atoms with van der Waals surface area (Å²) < 4.78 is 15.4. The van der Waals surface area contributed by atoms with Crippen LogP contribution in [0.25, 0.3) is 0 Å². The Morgan fingerprint density at radius 2 is 2.40 bits per heavy atom. The van der Waals surface area contributed by atoms with Crippen molar-refractivity contribution >= 4 is 0 Å². The van der Waals surface area contributed by atoms with E-state index in [1.807, 2.05) is 12.4 Å². The molecule has 0 amide bonds. The minimum atomic E-state index is -0.821. The van der Waals surface area contributed by atoms with E-state index in [0.29, 0.717) is 12.5 Å². The molecule has 1 aromatic rings. The van der Waals surface area contributed by atoms with Gasteiger partial charge in [-0.1, -0.05) is 13.8 Å². The molecule has 1 aliphatic rings. The molecule has 0 spiro atoms. The van der Waals surface area contributed by atoms with Gasteiger partial charge in [-0.25, -0.2) is 4.39 Å². The lowest BCUT2D eigenvalue weighted by molar-refractivity contribution is 0.173. The van der Waals surface area contributed by atoms with Gasteiger partial charge in [0.25, 0.3) is 0 Å². The predicted octanol–water partition coefficient (Wildman–Crippen LogP) is 1.88. The molecule has 0 aromatic carbocycles. The molecule has 2 atom stereocenters. The Balaban J connectivity index is 2.13. The molecule has 2 heterocycles. The maximum atomic E-state index is 13.6. The zero-order valence-corrected chi connectivity index (χ0v) is 9.28. The molecule has 1 saturated heterocycles. The quantitative estimate of drug-likeness (QED) is 0.809.